The van der Waals surface area contributed by atoms with Crippen molar-refractivity contribution in [2.45, 2.75) is 51.4 Å². The third-order valence-electron chi connectivity index (χ3n) is 3.44. The van der Waals surface area contributed by atoms with Gasteiger partial charge in [-0.1, -0.05) is 0 Å². The number of hydrogen-bond acceptors (Lipinski definition) is 3. The quantitative estimate of drug-likeness (QED) is 0.905. The largest absolute Gasteiger partial charge is 0.487 e. The summed E-state index contributed by atoms with van der Waals surface area (Å²) < 4.78 is 12.5. The number of ether oxygens (including phenoxy) is 2. The molecule has 1 saturated heterocycles. The Morgan fingerprint density at radius 1 is 1.40 bits per heavy atom. The summed E-state index contributed by atoms with van der Waals surface area (Å²) in [5, 5.41) is 9.13. The van der Waals surface area contributed by atoms with Crippen LogP contribution in [-0.2, 0) is 4.74 Å². The molecular formula is C15H19BrO4. The van der Waals surface area contributed by atoms with Crippen LogP contribution in [0.1, 0.15) is 44.5 Å². The zero-order chi connectivity index (χ0) is 15.1. The number of benzene rings is 1. The van der Waals surface area contributed by atoms with Crippen molar-refractivity contribution in [1.29, 1.82) is 0 Å². The maximum absolute atomic E-state index is 11.1. The fourth-order valence-corrected chi connectivity index (χ4v) is 3.02. The summed E-state index contributed by atoms with van der Waals surface area (Å²) in [7, 11) is 0. The summed E-state index contributed by atoms with van der Waals surface area (Å²) in [5.41, 5.74) is -0.447. The van der Waals surface area contributed by atoms with Crippen molar-refractivity contribution in [2.75, 3.05) is 0 Å². The molecule has 0 saturated carbocycles. The van der Waals surface area contributed by atoms with Gasteiger partial charge in [-0.25, -0.2) is 4.79 Å². The van der Waals surface area contributed by atoms with E-state index in [9.17, 15) is 4.79 Å². The topological polar surface area (TPSA) is 55.8 Å². The average molecular weight is 343 g/mol. The van der Waals surface area contributed by atoms with Crippen LogP contribution < -0.4 is 4.74 Å². The molecule has 1 aromatic rings. The molecule has 1 unspecified atom stereocenters. The van der Waals surface area contributed by atoms with Crippen molar-refractivity contribution in [2.24, 2.45) is 0 Å². The molecule has 1 aromatic carbocycles. The molecule has 1 N–H and O–H groups in total. The van der Waals surface area contributed by atoms with Gasteiger partial charge in [0, 0.05) is 10.9 Å². The molecule has 1 aliphatic heterocycles. The second-order valence-corrected chi connectivity index (χ2v) is 7.08. The second kappa shape index (κ2) is 5.04. The van der Waals surface area contributed by atoms with Gasteiger partial charge < -0.3 is 14.6 Å². The number of carboxylic acids is 1. The van der Waals surface area contributed by atoms with Gasteiger partial charge in [0.2, 0.25) is 0 Å². The number of halogens is 1. The van der Waals surface area contributed by atoms with E-state index in [0.717, 1.165) is 6.42 Å². The van der Waals surface area contributed by atoms with Crippen molar-refractivity contribution < 1.29 is 19.4 Å². The molecule has 4 nitrogen and oxygen atoms in total. The van der Waals surface area contributed by atoms with Crippen molar-refractivity contribution in [3.8, 4) is 5.75 Å². The zero-order valence-corrected chi connectivity index (χ0v) is 13.7. The van der Waals surface area contributed by atoms with Gasteiger partial charge in [0.1, 0.15) is 17.5 Å². The molecular weight excluding hydrogens is 324 g/mol. The SMILES string of the molecule is CC1(C)CC(Oc2ccc(Br)c(C(=O)O)c2)C(C)(C)O1. The lowest BCUT2D eigenvalue weighted by molar-refractivity contribution is -0.0846. The first-order valence-corrected chi connectivity index (χ1v) is 7.30. The lowest BCUT2D eigenvalue weighted by Gasteiger charge is -2.27. The van der Waals surface area contributed by atoms with Crippen LogP contribution in [0.4, 0.5) is 0 Å². The van der Waals surface area contributed by atoms with Gasteiger partial charge in [-0.2, -0.15) is 0 Å². The highest BCUT2D eigenvalue weighted by molar-refractivity contribution is 9.10. The van der Waals surface area contributed by atoms with Crippen LogP contribution in [-0.4, -0.2) is 28.4 Å². The Morgan fingerprint density at radius 2 is 2.05 bits per heavy atom. The molecule has 1 atom stereocenters. The highest BCUT2D eigenvalue weighted by Gasteiger charge is 2.47. The molecule has 0 spiro atoms. The Balaban J connectivity index is 2.23. The van der Waals surface area contributed by atoms with Gasteiger partial charge in [-0.3, -0.25) is 0 Å². The van der Waals surface area contributed by atoms with E-state index in [1.807, 2.05) is 27.7 Å². The molecule has 0 aromatic heterocycles. The summed E-state index contributed by atoms with van der Waals surface area (Å²) in [4.78, 5) is 11.1. The number of carbonyl (C=O) groups is 1. The Bertz CT molecular complexity index is 537. The first-order valence-electron chi connectivity index (χ1n) is 6.50. The highest BCUT2D eigenvalue weighted by Crippen LogP contribution is 2.39. The number of rotatable bonds is 3. The Morgan fingerprint density at radius 3 is 2.55 bits per heavy atom. The summed E-state index contributed by atoms with van der Waals surface area (Å²) in [6.07, 6.45) is 0.652. The third-order valence-corrected chi connectivity index (χ3v) is 4.13. The molecule has 110 valence electrons. The van der Waals surface area contributed by atoms with Crippen molar-refractivity contribution >= 4 is 21.9 Å². The van der Waals surface area contributed by atoms with E-state index < -0.39 is 11.6 Å². The first kappa shape index (κ1) is 15.3. The van der Waals surface area contributed by atoms with Gasteiger partial charge in [-0.05, 0) is 61.8 Å². The summed E-state index contributed by atoms with van der Waals surface area (Å²) in [6.45, 7) is 8.04. The summed E-state index contributed by atoms with van der Waals surface area (Å²) in [6, 6.07) is 4.98. The van der Waals surface area contributed by atoms with Crippen molar-refractivity contribution in [3.63, 3.8) is 0 Å². The maximum atomic E-state index is 11.1. The normalized spacial score (nSPS) is 23.6. The zero-order valence-electron chi connectivity index (χ0n) is 12.1. The van der Waals surface area contributed by atoms with Crippen LogP contribution in [0.5, 0.6) is 5.75 Å². The monoisotopic (exact) mass is 342 g/mol. The van der Waals surface area contributed by atoms with Crippen molar-refractivity contribution in [3.05, 3.63) is 28.2 Å². The van der Waals surface area contributed by atoms with E-state index in [1.54, 1.807) is 12.1 Å². The van der Waals surface area contributed by atoms with Gasteiger partial charge in [-0.15, -0.1) is 0 Å². The van der Waals surface area contributed by atoms with Crippen LogP contribution in [0, 0.1) is 0 Å². The molecule has 0 radical (unpaired) electrons. The molecule has 1 fully saturated rings. The lowest BCUT2D eigenvalue weighted by Crippen LogP contribution is -2.36. The molecule has 1 heterocycles. The van der Waals surface area contributed by atoms with Crippen LogP contribution in [0.15, 0.2) is 22.7 Å². The predicted molar refractivity (Wildman–Crippen MR) is 79.4 cm³/mol. The van der Waals surface area contributed by atoms with Crippen LogP contribution in [0.2, 0.25) is 0 Å². The standard InChI is InChI=1S/C15H19BrO4/c1-14(2)8-12(15(3,4)20-14)19-9-5-6-11(16)10(7-9)13(17)18/h5-7,12H,8H2,1-4H3,(H,17,18). The van der Waals surface area contributed by atoms with Gasteiger partial charge in [0.05, 0.1) is 11.2 Å². The molecule has 5 heteroatoms. The van der Waals surface area contributed by atoms with Gasteiger partial charge in [0.25, 0.3) is 0 Å². The predicted octanol–water partition coefficient (Wildman–Crippen LogP) is 3.87. The lowest BCUT2D eigenvalue weighted by atomic mass is 9.97. The Hall–Kier alpha value is -1.07. The van der Waals surface area contributed by atoms with E-state index >= 15 is 0 Å². The molecule has 20 heavy (non-hydrogen) atoms. The smallest absolute Gasteiger partial charge is 0.336 e. The summed E-state index contributed by atoms with van der Waals surface area (Å²) in [5.74, 6) is -0.436. The fraction of sp³-hybridized carbons (Fsp3) is 0.533. The Labute approximate surface area is 127 Å². The molecule has 0 bridgehead atoms. The van der Waals surface area contributed by atoms with Crippen LogP contribution in [0.3, 0.4) is 0 Å². The van der Waals surface area contributed by atoms with Crippen LogP contribution in [0.25, 0.3) is 0 Å². The van der Waals surface area contributed by atoms with E-state index in [-0.39, 0.29) is 17.3 Å². The number of aromatic carboxylic acids is 1. The first-order chi connectivity index (χ1) is 9.11. The number of carboxylic acid groups (broad SMARTS) is 1. The molecule has 2 rings (SSSR count). The minimum atomic E-state index is -0.982. The van der Waals surface area contributed by atoms with E-state index in [1.165, 1.54) is 6.07 Å². The minimum absolute atomic E-state index is 0.111. The van der Waals surface area contributed by atoms with Crippen molar-refractivity contribution in [1.82, 2.24) is 0 Å². The number of hydrogen-bond donors (Lipinski definition) is 1. The minimum Gasteiger partial charge on any atom is -0.487 e. The maximum Gasteiger partial charge on any atom is 0.336 e. The summed E-state index contributed by atoms with van der Waals surface area (Å²) >= 11 is 3.22. The third kappa shape index (κ3) is 3.15. The average Bonchev–Trinajstić information content (AvgIpc) is 2.49. The molecule has 0 aliphatic carbocycles. The van der Waals surface area contributed by atoms with E-state index in [0.29, 0.717) is 10.2 Å². The van der Waals surface area contributed by atoms with E-state index in [4.69, 9.17) is 14.6 Å². The van der Waals surface area contributed by atoms with Crippen LogP contribution >= 0.6 is 15.9 Å². The highest BCUT2D eigenvalue weighted by atomic mass is 79.9. The molecule has 1 aliphatic rings. The molecule has 0 amide bonds. The van der Waals surface area contributed by atoms with Gasteiger partial charge >= 0.3 is 5.97 Å². The van der Waals surface area contributed by atoms with E-state index in [2.05, 4.69) is 15.9 Å². The van der Waals surface area contributed by atoms with Gasteiger partial charge in [0.15, 0.2) is 0 Å². The fourth-order valence-electron chi connectivity index (χ4n) is 2.60. The Kier molecular flexibility index (Phi) is 3.86. The second-order valence-electron chi connectivity index (χ2n) is 6.22.